The van der Waals surface area contributed by atoms with Gasteiger partial charge in [-0.3, -0.25) is 0 Å². The van der Waals surface area contributed by atoms with Gasteiger partial charge in [0.05, 0.1) is 0 Å². The first kappa shape index (κ1) is 16.3. The minimum Gasteiger partial charge on any atom is -0.328 e. The zero-order valence-corrected chi connectivity index (χ0v) is 13.0. The molecule has 1 heterocycles. The van der Waals surface area contributed by atoms with Crippen LogP contribution in [-0.4, -0.2) is 31.9 Å². The van der Waals surface area contributed by atoms with Crippen LogP contribution in [0.1, 0.15) is 25.3 Å². The highest BCUT2D eigenvalue weighted by molar-refractivity contribution is 7.89. The molecule has 1 aliphatic rings. The highest BCUT2D eigenvalue weighted by Crippen LogP contribution is 2.27. The van der Waals surface area contributed by atoms with E-state index in [1.54, 1.807) is 0 Å². The first-order valence-electron chi connectivity index (χ1n) is 6.95. The Kier molecular flexibility index (Phi) is 4.65. The molecule has 0 unspecified atom stereocenters. The van der Waals surface area contributed by atoms with Crippen molar-refractivity contribution in [2.24, 2.45) is 11.7 Å². The number of nitrogens with two attached hydrogens (primary N) is 1. The summed E-state index contributed by atoms with van der Waals surface area (Å²) >= 11 is 0. The monoisotopic (exact) mass is 318 g/mol. The van der Waals surface area contributed by atoms with Crippen LogP contribution in [0, 0.1) is 24.5 Å². The van der Waals surface area contributed by atoms with Gasteiger partial charge in [-0.15, -0.1) is 0 Å². The van der Waals surface area contributed by atoms with Crippen molar-refractivity contribution in [2.45, 2.75) is 37.6 Å². The topological polar surface area (TPSA) is 63.4 Å². The predicted octanol–water partition coefficient (Wildman–Crippen LogP) is 2.02. The number of hydrogen-bond donors (Lipinski definition) is 1. The molecule has 0 spiro atoms. The SMILES string of the molecule is Cc1cc(F)c(S(=O)(=O)N2CCC[C@H]([C@H](C)N)C2)cc1F. The maximum Gasteiger partial charge on any atom is 0.246 e. The van der Waals surface area contributed by atoms with E-state index in [2.05, 4.69) is 0 Å². The normalized spacial score (nSPS) is 22.2. The van der Waals surface area contributed by atoms with Crippen LogP contribution in [0.4, 0.5) is 8.78 Å². The third kappa shape index (κ3) is 3.25. The highest BCUT2D eigenvalue weighted by atomic mass is 32.2. The molecule has 0 aromatic heterocycles. The van der Waals surface area contributed by atoms with Crippen LogP contribution >= 0.6 is 0 Å². The maximum absolute atomic E-state index is 13.9. The van der Waals surface area contributed by atoms with E-state index in [4.69, 9.17) is 5.73 Å². The number of sulfonamides is 1. The maximum atomic E-state index is 13.9. The lowest BCUT2D eigenvalue weighted by atomic mass is 9.93. The fourth-order valence-electron chi connectivity index (χ4n) is 2.59. The van der Waals surface area contributed by atoms with Gasteiger partial charge in [-0.2, -0.15) is 4.31 Å². The molecule has 1 saturated heterocycles. The van der Waals surface area contributed by atoms with Crippen molar-refractivity contribution in [1.82, 2.24) is 4.31 Å². The molecule has 2 rings (SSSR count). The average molecular weight is 318 g/mol. The van der Waals surface area contributed by atoms with E-state index in [1.165, 1.54) is 11.2 Å². The van der Waals surface area contributed by atoms with Crippen molar-refractivity contribution in [1.29, 1.82) is 0 Å². The lowest BCUT2D eigenvalue weighted by molar-refractivity contribution is 0.242. The van der Waals surface area contributed by atoms with Gasteiger partial charge in [0.2, 0.25) is 10.0 Å². The molecule has 2 atom stereocenters. The molecule has 21 heavy (non-hydrogen) atoms. The molecular weight excluding hydrogens is 298 g/mol. The Labute approximate surface area is 124 Å². The van der Waals surface area contributed by atoms with E-state index < -0.39 is 26.6 Å². The lowest BCUT2D eigenvalue weighted by Gasteiger charge is -2.33. The quantitative estimate of drug-likeness (QED) is 0.927. The molecule has 0 aliphatic carbocycles. The molecular formula is C14H20F2N2O2S. The van der Waals surface area contributed by atoms with Crippen molar-refractivity contribution < 1.29 is 17.2 Å². The van der Waals surface area contributed by atoms with Gasteiger partial charge in [-0.25, -0.2) is 17.2 Å². The van der Waals surface area contributed by atoms with Crippen molar-refractivity contribution in [3.05, 3.63) is 29.3 Å². The Bertz CT molecular complexity index is 632. The van der Waals surface area contributed by atoms with Gasteiger partial charge in [-0.05, 0) is 50.3 Å². The van der Waals surface area contributed by atoms with Gasteiger partial charge in [-0.1, -0.05) is 0 Å². The summed E-state index contributed by atoms with van der Waals surface area (Å²) in [4.78, 5) is -0.601. The number of nitrogens with zero attached hydrogens (tertiary/aromatic N) is 1. The van der Waals surface area contributed by atoms with Gasteiger partial charge in [0.15, 0.2) is 0 Å². The average Bonchev–Trinajstić information content (AvgIpc) is 2.42. The molecule has 0 amide bonds. The minimum atomic E-state index is -4.04. The fourth-order valence-corrected chi connectivity index (χ4v) is 4.18. The van der Waals surface area contributed by atoms with Crippen molar-refractivity contribution in [3.63, 3.8) is 0 Å². The Morgan fingerprint density at radius 2 is 2.00 bits per heavy atom. The molecule has 1 aromatic carbocycles. The van der Waals surface area contributed by atoms with E-state index in [-0.39, 0.29) is 24.1 Å². The molecule has 118 valence electrons. The summed E-state index contributed by atoms with van der Waals surface area (Å²) in [6.07, 6.45) is 1.51. The molecule has 0 saturated carbocycles. The molecule has 4 nitrogen and oxygen atoms in total. The van der Waals surface area contributed by atoms with E-state index in [9.17, 15) is 17.2 Å². The molecule has 1 fully saturated rings. The summed E-state index contributed by atoms with van der Waals surface area (Å²) < 4.78 is 53.8. The number of rotatable bonds is 3. The minimum absolute atomic E-state index is 0.0341. The second-order valence-corrected chi connectivity index (χ2v) is 7.56. The van der Waals surface area contributed by atoms with E-state index in [0.717, 1.165) is 18.6 Å². The Morgan fingerprint density at radius 3 is 2.62 bits per heavy atom. The van der Waals surface area contributed by atoms with Crippen LogP contribution in [0.2, 0.25) is 0 Å². The highest BCUT2D eigenvalue weighted by Gasteiger charge is 2.33. The van der Waals surface area contributed by atoms with Gasteiger partial charge >= 0.3 is 0 Å². The molecule has 7 heteroatoms. The van der Waals surface area contributed by atoms with Crippen LogP contribution in [0.15, 0.2) is 17.0 Å². The second kappa shape index (κ2) is 5.98. The fraction of sp³-hybridized carbons (Fsp3) is 0.571. The third-order valence-electron chi connectivity index (χ3n) is 4.00. The number of hydrogen-bond acceptors (Lipinski definition) is 3. The summed E-state index contributed by atoms with van der Waals surface area (Å²) in [5.74, 6) is -1.61. The van der Waals surface area contributed by atoms with E-state index >= 15 is 0 Å². The largest absolute Gasteiger partial charge is 0.328 e. The van der Waals surface area contributed by atoms with Gasteiger partial charge < -0.3 is 5.73 Å². The lowest BCUT2D eigenvalue weighted by Crippen LogP contribution is -2.45. The first-order valence-corrected chi connectivity index (χ1v) is 8.39. The molecule has 1 aromatic rings. The van der Waals surface area contributed by atoms with Gasteiger partial charge in [0.25, 0.3) is 0 Å². The zero-order valence-electron chi connectivity index (χ0n) is 12.1. The number of halogens is 2. The summed E-state index contributed by atoms with van der Waals surface area (Å²) in [6.45, 7) is 3.77. The summed E-state index contributed by atoms with van der Waals surface area (Å²) in [5, 5.41) is 0. The summed E-state index contributed by atoms with van der Waals surface area (Å²) in [5.41, 5.74) is 5.91. The summed E-state index contributed by atoms with van der Waals surface area (Å²) in [7, 11) is -4.04. The summed E-state index contributed by atoms with van der Waals surface area (Å²) in [6, 6.07) is 1.53. The first-order chi connectivity index (χ1) is 9.73. The van der Waals surface area contributed by atoms with Gasteiger partial charge in [0.1, 0.15) is 16.5 Å². The van der Waals surface area contributed by atoms with Crippen LogP contribution < -0.4 is 5.73 Å². The molecule has 1 aliphatic heterocycles. The number of aryl methyl sites for hydroxylation is 1. The second-order valence-electron chi connectivity index (χ2n) is 5.66. The zero-order chi connectivity index (χ0) is 15.8. The Morgan fingerprint density at radius 1 is 1.33 bits per heavy atom. The Balaban J connectivity index is 2.36. The van der Waals surface area contributed by atoms with Crippen LogP contribution in [0.3, 0.4) is 0 Å². The van der Waals surface area contributed by atoms with Crippen LogP contribution in [0.5, 0.6) is 0 Å². The number of benzene rings is 1. The molecule has 0 bridgehead atoms. The van der Waals surface area contributed by atoms with Crippen LogP contribution in [-0.2, 0) is 10.0 Å². The number of piperidine rings is 1. The van der Waals surface area contributed by atoms with Crippen molar-refractivity contribution >= 4 is 10.0 Å². The van der Waals surface area contributed by atoms with Crippen LogP contribution in [0.25, 0.3) is 0 Å². The van der Waals surface area contributed by atoms with E-state index in [1.807, 2.05) is 6.92 Å². The third-order valence-corrected chi connectivity index (χ3v) is 5.88. The smallest absolute Gasteiger partial charge is 0.246 e. The van der Waals surface area contributed by atoms with E-state index in [0.29, 0.717) is 13.0 Å². The predicted molar refractivity (Wildman–Crippen MR) is 76.2 cm³/mol. The standard InChI is InChI=1S/C14H20F2N2O2S/c1-9-6-13(16)14(7-12(9)15)21(19,20)18-5-3-4-11(8-18)10(2)17/h6-7,10-11H,3-5,8,17H2,1-2H3/t10-,11-/m0/s1. The molecule has 2 N–H and O–H groups in total. The van der Waals surface area contributed by atoms with Crippen molar-refractivity contribution in [3.8, 4) is 0 Å². The van der Waals surface area contributed by atoms with Gasteiger partial charge in [0, 0.05) is 19.1 Å². The van der Waals surface area contributed by atoms with Crippen molar-refractivity contribution in [2.75, 3.05) is 13.1 Å². The molecule has 0 radical (unpaired) electrons. The Hall–Kier alpha value is -1.05.